The van der Waals surface area contributed by atoms with Gasteiger partial charge in [0, 0.05) is 38.4 Å². The molecule has 1 aromatic heterocycles. The van der Waals surface area contributed by atoms with E-state index in [2.05, 4.69) is 29.4 Å². The summed E-state index contributed by atoms with van der Waals surface area (Å²) in [6, 6.07) is 0.0201. The molecule has 1 aliphatic heterocycles. The van der Waals surface area contributed by atoms with Crippen LogP contribution in [0.15, 0.2) is 12.4 Å². The second kappa shape index (κ2) is 6.26. The number of rotatable bonds is 4. The number of carbonyl (C=O) groups excluding carboxylic acids is 1. The molecule has 0 spiro atoms. The van der Waals surface area contributed by atoms with Crippen LogP contribution in [0.4, 0.5) is 4.79 Å². The summed E-state index contributed by atoms with van der Waals surface area (Å²) in [5, 5.41) is 7.18. The second-order valence-electron chi connectivity index (χ2n) is 5.98. The minimum absolute atomic E-state index is 0.0101. The first-order valence-electron chi connectivity index (χ1n) is 7.14. The molecule has 0 saturated carbocycles. The SMILES string of the molecule is C[C@@H](NC(=O)N1CC[C@@H](CN(C)C)C1)c1cnn(C)c1. The van der Waals surface area contributed by atoms with Gasteiger partial charge in [-0.3, -0.25) is 4.68 Å². The monoisotopic (exact) mass is 279 g/mol. The zero-order valence-electron chi connectivity index (χ0n) is 12.8. The Morgan fingerprint density at radius 1 is 1.60 bits per heavy atom. The van der Waals surface area contributed by atoms with Crippen molar-refractivity contribution in [2.75, 3.05) is 33.7 Å². The van der Waals surface area contributed by atoms with Crippen molar-refractivity contribution in [3.05, 3.63) is 18.0 Å². The molecule has 1 fully saturated rings. The highest BCUT2D eigenvalue weighted by Gasteiger charge is 2.27. The molecule has 1 saturated heterocycles. The van der Waals surface area contributed by atoms with E-state index in [1.807, 2.05) is 25.1 Å². The molecule has 2 heterocycles. The smallest absolute Gasteiger partial charge is 0.317 e. The first-order chi connectivity index (χ1) is 9.45. The minimum Gasteiger partial charge on any atom is -0.331 e. The minimum atomic E-state index is -0.0101. The molecule has 0 radical (unpaired) electrons. The summed E-state index contributed by atoms with van der Waals surface area (Å²) in [5.41, 5.74) is 1.03. The Hall–Kier alpha value is -1.56. The Bertz CT molecular complexity index is 456. The van der Waals surface area contributed by atoms with Gasteiger partial charge in [-0.1, -0.05) is 0 Å². The summed E-state index contributed by atoms with van der Waals surface area (Å²) in [6.07, 6.45) is 4.82. The predicted molar refractivity (Wildman–Crippen MR) is 78.4 cm³/mol. The first kappa shape index (κ1) is 14.8. The third kappa shape index (κ3) is 3.72. The molecule has 1 aliphatic rings. The van der Waals surface area contributed by atoms with E-state index in [1.165, 1.54) is 0 Å². The second-order valence-corrected chi connectivity index (χ2v) is 5.98. The maximum absolute atomic E-state index is 12.2. The van der Waals surface area contributed by atoms with Gasteiger partial charge in [-0.25, -0.2) is 4.79 Å². The van der Waals surface area contributed by atoms with Crippen LogP contribution in [-0.2, 0) is 7.05 Å². The molecular formula is C14H25N5O. The average molecular weight is 279 g/mol. The van der Waals surface area contributed by atoms with Gasteiger partial charge in [0.05, 0.1) is 12.2 Å². The molecule has 112 valence electrons. The fraction of sp³-hybridized carbons (Fsp3) is 0.714. The van der Waals surface area contributed by atoms with Crippen molar-refractivity contribution in [2.24, 2.45) is 13.0 Å². The maximum Gasteiger partial charge on any atom is 0.317 e. The van der Waals surface area contributed by atoms with Gasteiger partial charge < -0.3 is 15.1 Å². The van der Waals surface area contributed by atoms with Crippen molar-refractivity contribution in [2.45, 2.75) is 19.4 Å². The summed E-state index contributed by atoms with van der Waals surface area (Å²) < 4.78 is 1.75. The summed E-state index contributed by atoms with van der Waals surface area (Å²) >= 11 is 0. The van der Waals surface area contributed by atoms with Gasteiger partial charge in [0.15, 0.2) is 0 Å². The van der Waals surface area contributed by atoms with E-state index in [-0.39, 0.29) is 12.1 Å². The molecule has 6 heteroatoms. The zero-order chi connectivity index (χ0) is 14.7. The fourth-order valence-electron chi connectivity index (χ4n) is 2.71. The number of aromatic nitrogens is 2. The number of urea groups is 1. The number of carbonyl (C=O) groups is 1. The molecule has 2 atom stereocenters. The van der Waals surface area contributed by atoms with E-state index >= 15 is 0 Å². The number of aryl methyl sites for hydroxylation is 1. The lowest BCUT2D eigenvalue weighted by Crippen LogP contribution is -2.40. The standard InChI is InChI=1S/C14H25N5O/c1-11(13-7-15-18(4)10-13)16-14(20)19-6-5-12(9-19)8-17(2)3/h7,10-12H,5-6,8-9H2,1-4H3,(H,16,20)/t11-,12+/m1/s1. The van der Waals surface area contributed by atoms with Crippen LogP contribution in [0.1, 0.15) is 24.9 Å². The summed E-state index contributed by atoms with van der Waals surface area (Å²) in [6.45, 7) is 4.73. The first-order valence-corrected chi connectivity index (χ1v) is 7.14. The Morgan fingerprint density at radius 2 is 2.35 bits per heavy atom. The topological polar surface area (TPSA) is 53.4 Å². The molecule has 20 heavy (non-hydrogen) atoms. The van der Waals surface area contributed by atoms with Crippen LogP contribution in [0.3, 0.4) is 0 Å². The fourth-order valence-corrected chi connectivity index (χ4v) is 2.71. The molecule has 2 amide bonds. The largest absolute Gasteiger partial charge is 0.331 e. The van der Waals surface area contributed by atoms with E-state index < -0.39 is 0 Å². The van der Waals surface area contributed by atoms with Crippen molar-refractivity contribution in [3.8, 4) is 0 Å². The lowest BCUT2D eigenvalue weighted by molar-refractivity contribution is 0.202. The summed E-state index contributed by atoms with van der Waals surface area (Å²) in [5.74, 6) is 0.587. The molecule has 0 bridgehead atoms. The van der Waals surface area contributed by atoms with Gasteiger partial charge in [-0.05, 0) is 33.4 Å². The van der Waals surface area contributed by atoms with Crippen molar-refractivity contribution in [1.29, 1.82) is 0 Å². The third-order valence-electron chi connectivity index (χ3n) is 3.76. The van der Waals surface area contributed by atoms with Gasteiger partial charge in [0.2, 0.25) is 0 Å². The number of likely N-dealkylation sites (tertiary alicyclic amines) is 1. The van der Waals surface area contributed by atoms with Crippen molar-refractivity contribution < 1.29 is 4.79 Å². The number of nitrogens with zero attached hydrogens (tertiary/aromatic N) is 4. The van der Waals surface area contributed by atoms with Crippen LogP contribution >= 0.6 is 0 Å². The van der Waals surface area contributed by atoms with Gasteiger partial charge in [0.1, 0.15) is 0 Å². The molecule has 6 nitrogen and oxygen atoms in total. The van der Waals surface area contributed by atoms with E-state index in [4.69, 9.17) is 0 Å². The Balaban J connectivity index is 1.83. The average Bonchev–Trinajstić information content (AvgIpc) is 2.97. The number of amides is 2. The molecule has 1 aromatic rings. The van der Waals surface area contributed by atoms with Gasteiger partial charge in [0.25, 0.3) is 0 Å². The van der Waals surface area contributed by atoms with Crippen molar-refractivity contribution in [3.63, 3.8) is 0 Å². The van der Waals surface area contributed by atoms with Crippen LogP contribution in [-0.4, -0.2) is 59.3 Å². The van der Waals surface area contributed by atoms with E-state index in [9.17, 15) is 4.79 Å². The maximum atomic E-state index is 12.2. The predicted octanol–water partition coefficient (Wildman–Crippen LogP) is 1.07. The van der Waals surface area contributed by atoms with Crippen molar-refractivity contribution >= 4 is 6.03 Å². The number of nitrogens with one attached hydrogen (secondary N) is 1. The van der Waals surface area contributed by atoms with E-state index in [0.717, 1.165) is 31.6 Å². The van der Waals surface area contributed by atoms with Gasteiger partial charge >= 0.3 is 6.03 Å². The highest BCUT2D eigenvalue weighted by molar-refractivity contribution is 5.75. The van der Waals surface area contributed by atoms with Crippen molar-refractivity contribution in [1.82, 2.24) is 24.9 Å². The number of hydrogen-bond acceptors (Lipinski definition) is 3. The van der Waals surface area contributed by atoms with Crippen LogP contribution in [0.2, 0.25) is 0 Å². The van der Waals surface area contributed by atoms with E-state index in [1.54, 1.807) is 10.9 Å². The zero-order valence-corrected chi connectivity index (χ0v) is 12.8. The molecular weight excluding hydrogens is 254 g/mol. The number of hydrogen-bond donors (Lipinski definition) is 1. The molecule has 2 rings (SSSR count). The lowest BCUT2D eigenvalue weighted by Gasteiger charge is -2.21. The Labute approximate surface area is 120 Å². The molecule has 0 aliphatic carbocycles. The lowest BCUT2D eigenvalue weighted by atomic mass is 10.1. The summed E-state index contributed by atoms with van der Waals surface area (Å²) in [4.78, 5) is 16.3. The third-order valence-corrected chi connectivity index (χ3v) is 3.76. The van der Waals surface area contributed by atoms with Crippen LogP contribution in [0, 0.1) is 5.92 Å². The molecule has 1 N–H and O–H groups in total. The Morgan fingerprint density at radius 3 is 2.95 bits per heavy atom. The quantitative estimate of drug-likeness (QED) is 0.897. The Kier molecular flexibility index (Phi) is 4.65. The summed E-state index contributed by atoms with van der Waals surface area (Å²) in [7, 11) is 6.03. The molecule has 0 aromatic carbocycles. The highest BCUT2D eigenvalue weighted by atomic mass is 16.2. The van der Waals surface area contributed by atoms with E-state index in [0.29, 0.717) is 5.92 Å². The van der Waals surface area contributed by atoms with Crippen LogP contribution in [0.25, 0.3) is 0 Å². The normalized spacial score (nSPS) is 20.4. The van der Waals surface area contributed by atoms with Gasteiger partial charge in [-0.15, -0.1) is 0 Å². The molecule has 0 unspecified atom stereocenters. The van der Waals surface area contributed by atoms with Crippen LogP contribution in [0.5, 0.6) is 0 Å². The van der Waals surface area contributed by atoms with Crippen LogP contribution < -0.4 is 5.32 Å². The highest BCUT2D eigenvalue weighted by Crippen LogP contribution is 2.18. The van der Waals surface area contributed by atoms with Gasteiger partial charge in [-0.2, -0.15) is 5.10 Å².